The Bertz CT molecular complexity index is 765. The first-order valence-corrected chi connectivity index (χ1v) is 8.37. The lowest BCUT2D eigenvalue weighted by molar-refractivity contribution is -0.133. The number of hydrogen-bond donors (Lipinski definition) is 0. The van der Waals surface area contributed by atoms with Gasteiger partial charge < -0.3 is 9.64 Å². The monoisotopic (exact) mass is 339 g/mol. The summed E-state index contributed by atoms with van der Waals surface area (Å²) in [6, 6.07) is 12.6. The van der Waals surface area contributed by atoms with Gasteiger partial charge in [0.25, 0.3) is 5.91 Å². The van der Waals surface area contributed by atoms with Crippen molar-refractivity contribution in [3.63, 3.8) is 0 Å². The van der Waals surface area contributed by atoms with Crippen molar-refractivity contribution < 1.29 is 14.3 Å². The van der Waals surface area contributed by atoms with Gasteiger partial charge in [-0.2, -0.15) is 0 Å². The molecule has 0 heterocycles. The van der Waals surface area contributed by atoms with Gasteiger partial charge in [0.1, 0.15) is 5.75 Å². The van der Waals surface area contributed by atoms with Crippen molar-refractivity contribution in [1.29, 1.82) is 0 Å². The zero-order valence-corrected chi connectivity index (χ0v) is 15.5. The highest BCUT2D eigenvalue weighted by molar-refractivity contribution is 6.01. The summed E-state index contributed by atoms with van der Waals surface area (Å²) in [6.07, 6.45) is 0. The lowest BCUT2D eigenvalue weighted by atomic mass is 10.0. The third-order valence-corrected chi connectivity index (χ3v) is 4.60. The van der Waals surface area contributed by atoms with Gasteiger partial charge in [-0.3, -0.25) is 9.59 Å². The molecule has 0 aliphatic carbocycles. The van der Waals surface area contributed by atoms with E-state index in [0.29, 0.717) is 11.3 Å². The molecule has 0 spiro atoms. The van der Waals surface area contributed by atoms with Crippen molar-refractivity contribution in [2.75, 3.05) is 13.7 Å². The van der Waals surface area contributed by atoms with E-state index in [2.05, 4.69) is 0 Å². The standard InChI is InChI=1S/C21H25NO3/c1-14-9-11-18(12-10-14)21(24)17(4)22(5)20(23)13-25-19-8-6-7-15(2)16(19)3/h6-12,17H,13H2,1-5H3. The van der Waals surface area contributed by atoms with Gasteiger partial charge in [-0.05, 0) is 44.9 Å². The van der Waals surface area contributed by atoms with E-state index in [4.69, 9.17) is 4.74 Å². The zero-order valence-electron chi connectivity index (χ0n) is 15.5. The molecule has 0 saturated heterocycles. The van der Waals surface area contributed by atoms with Crippen molar-refractivity contribution in [3.8, 4) is 5.75 Å². The summed E-state index contributed by atoms with van der Waals surface area (Å²) >= 11 is 0. The van der Waals surface area contributed by atoms with Crippen molar-refractivity contribution in [2.24, 2.45) is 0 Å². The lowest BCUT2D eigenvalue weighted by Crippen LogP contribution is -2.42. The number of nitrogens with zero attached hydrogens (tertiary/aromatic N) is 1. The molecular formula is C21H25NO3. The molecule has 0 N–H and O–H groups in total. The molecule has 132 valence electrons. The number of amides is 1. The molecule has 0 aromatic heterocycles. The Kier molecular flexibility index (Phi) is 5.97. The van der Waals surface area contributed by atoms with Gasteiger partial charge in [0, 0.05) is 12.6 Å². The fourth-order valence-corrected chi connectivity index (χ4v) is 2.47. The number of ether oxygens (including phenoxy) is 1. The van der Waals surface area contributed by atoms with Crippen molar-refractivity contribution in [1.82, 2.24) is 4.90 Å². The second-order valence-corrected chi connectivity index (χ2v) is 6.40. The van der Waals surface area contributed by atoms with Crippen LogP contribution in [0.15, 0.2) is 42.5 Å². The average molecular weight is 339 g/mol. The number of ketones is 1. The molecule has 4 heteroatoms. The molecule has 2 aromatic carbocycles. The smallest absolute Gasteiger partial charge is 0.260 e. The zero-order chi connectivity index (χ0) is 18.6. The second kappa shape index (κ2) is 7.97. The highest BCUT2D eigenvalue weighted by Gasteiger charge is 2.23. The van der Waals surface area contributed by atoms with Crippen LogP contribution in [0.4, 0.5) is 0 Å². The molecule has 0 fully saturated rings. The van der Waals surface area contributed by atoms with Crippen LogP contribution in [-0.4, -0.2) is 36.3 Å². The Morgan fingerprint density at radius 3 is 2.32 bits per heavy atom. The number of hydrogen-bond acceptors (Lipinski definition) is 3. The van der Waals surface area contributed by atoms with Crippen LogP contribution in [0.2, 0.25) is 0 Å². The van der Waals surface area contributed by atoms with Crippen molar-refractivity contribution in [3.05, 3.63) is 64.7 Å². The second-order valence-electron chi connectivity index (χ2n) is 6.40. The summed E-state index contributed by atoms with van der Waals surface area (Å²) in [5.41, 5.74) is 3.83. The van der Waals surface area contributed by atoms with E-state index >= 15 is 0 Å². The van der Waals surface area contributed by atoms with Crippen LogP contribution >= 0.6 is 0 Å². The van der Waals surface area contributed by atoms with Crippen LogP contribution in [0.25, 0.3) is 0 Å². The summed E-state index contributed by atoms with van der Waals surface area (Å²) in [6.45, 7) is 7.57. The summed E-state index contributed by atoms with van der Waals surface area (Å²) in [5, 5.41) is 0. The van der Waals surface area contributed by atoms with E-state index in [1.54, 1.807) is 26.1 Å². The highest BCUT2D eigenvalue weighted by atomic mass is 16.5. The molecule has 4 nitrogen and oxygen atoms in total. The van der Waals surface area contributed by atoms with Crippen LogP contribution in [-0.2, 0) is 4.79 Å². The van der Waals surface area contributed by atoms with E-state index in [9.17, 15) is 9.59 Å². The summed E-state index contributed by atoms with van der Waals surface area (Å²) in [7, 11) is 1.63. The summed E-state index contributed by atoms with van der Waals surface area (Å²) in [4.78, 5) is 26.4. The molecule has 1 unspecified atom stereocenters. The van der Waals surface area contributed by atoms with Crippen LogP contribution in [0.1, 0.15) is 34.0 Å². The molecule has 1 amide bonds. The Morgan fingerprint density at radius 1 is 1.04 bits per heavy atom. The first-order valence-electron chi connectivity index (χ1n) is 8.37. The molecule has 0 saturated carbocycles. The first kappa shape index (κ1) is 18.7. The van der Waals surface area contributed by atoms with Gasteiger partial charge >= 0.3 is 0 Å². The number of likely N-dealkylation sites (N-methyl/N-ethyl adjacent to an activating group) is 1. The Morgan fingerprint density at radius 2 is 1.68 bits per heavy atom. The minimum absolute atomic E-state index is 0.0809. The van der Waals surface area contributed by atoms with Gasteiger partial charge in [0.15, 0.2) is 12.4 Å². The van der Waals surface area contributed by atoms with E-state index in [1.807, 2.05) is 51.1 Å². The van der Waals surface area contributed by atoms with Gasteiger partial charge in [0.05, 0.1) is 6.04 Å². The molecule has 2 rings (SSSR count). The molecule has 0 aliphatic heterocycles. The quantitative estimate of drug-likeness (QED) is 0.754. The van der Waals surface area contributed by atoms with Gasteiger partial charge in [-0.1, -0.05) is 42.0 Å². The average Bonchev–Trinajstić information content (AvgIpc) is 2.61. The Labute approximate surface area is 149 Å². The number of benzene rings is 2. The molecular weight excluding hydrogens is 314 g/mol. The fourth-order valence-electron chi connectivity index (χ4n) is 2.47. The number of rotatable bonds is 6. The van der Waals surface area contributed by atoms with Crippen molar-refractivity contribution in [2.45, 2.75) is 33.7 Å². The lowest BCUT2D eigenvalue weighted by Gasteiger charge is -2.24. The maximum absolute atomic E-state index is 12.5. The van der Waals surface area contributed by atoms with Crippen LogP contribution < -0.4 is 4.74 Å². The molecule has 2 aromatic rings. The minimum Gasteiger partial charge on any atom is -0.483 e. The minimum atomic E-state index is -0.544. The molecule has 0 aliphatic rings. The molecule has 1 atom stereocenters. The number of aryl methyl sites for hydroxylation is 2. The first-order chi connectivity index (χ1) is 11.8. The van der Waals surface area contributed by atoms with Crippen molar-refractivity contribution >= 4 is 11.7 Å². The predicted octanol–water partition coefficient (Wildman–Crippen LogP) is 3.72. The fraction of sp³-hybridized carbons (Fsp3) is 0.333. The van der Waals surface area contributed by atoms with Crippen LogP contribution in [0.3, 0.4) is 0 Å². The number of carbonyl (C=O) groups excluding carboxylic acids is 2. The topological polar surface area (TPSA) is 46.6 Å². The largest absolute Gasteiger partial charge is 0.483 e. The SMILES string of the molecule is Cc1ccc(C(=O)C(C)N(C)C(=O)COc2cccc(C)c2C)cc1. The van der Waals surface area contributed by atoms with Crippen LogP contribution in [0, 0.1) is 20.8 Å². The summed E-state index contributed by atoms with van der Waals surface area (Å²) < 4.78 is 5.65. The normalized spacial score (nSPS) is 11.7. The van der Waals surface area contributed by atoms with Gasteiger partial charge in [-0.15, -0.1) is 0 Å². The molecule has 0 bridgehead atoms. The van der Waals surface area contributed by atoms with E-state index < -0.39 is 6.04 Å². The van der Waals surface area contributed by atoms with Gasteiger partial charge in [-0.25, -0.2) is 0 Å². The third kappa shape index (κ3) is 4.47. The number of carbonyl (C=O) groups is 2. The summed E-state index contributed by atoms with van der Waals surface area (Å²) in [5.74, 6) is 0.385. The Balaban J connectivity index is 2.00. The molecule has 25 heavy (non-hydrogen) atoms. The van der Waals surface area contributed by atoms with Gasteiger partial charge in [0.2, 0.25) is 0 Å². The maximum atomic E-state index is 12.5. The highest BCUT2D eigenvalue weighted by Crippen LogP contribution is 2.20. The number of Topliss-reactive ketones (excluding diaryl/α,β-unsaturated/α-hetero) is 1. The van der Waals surface area contributed by atoms with Crippen LogP contribution in [0.5, 0.6) is 5.75 Å². The predicted molar refractivity (Wildman–Crippen MR) is 99.2 cm³/mol. The van der Waals surface area contributed by atoms with E-state index in [1.165, 1.54) is 4.90 Å². The van der Waals surface area contributed by atoms with E-state index in [0.717, 1.165) is 16.7 Å². The maximum Gasteiger partial charge on any atom is 0.260 e. The third-order valence-electron chi connectivity index (χ3n) is 4.60. The van der Waals surface area contributed by atoms with E-state index in [-0.39, 0.29) is 18.3 Å². The Hall–Kier alpha value is -2.62. The molecule has 0 radical (unpaired) electrons.